The molecule has 1 saturated carbocycles. The summed E-state index contributed by atoms with van der Waals surface area (Å²) < 4.78 is 11.4. The van der Waals surface area contributed by atoms with E-state index in [4.69, 9.17) is 15.2 Å². The summed E-state index contributed by atoms with van der Waals surface area (Å²) >= 11 is 0. The lowest BCUT2D eigenvalue weighted by molar-refractivity contribution is 0.240. The maximum Gasteiger partial charge on any atom is 0.163 e. The molecule has 0 amide bonds. The highest BCUT2D eigenvalue weighted by Gasteiger charge is 2.37. The van der Waals surface area contributed by atoms with Gasteiger partial charge in [-0.1, -0.05) is 0 Å². The van der Waals surface area contributed by atoms with Gasteiger partial charge < -0.3 is 20.2 Å². The van der Waals surface area contributed by atoms with Gasteiger partial charge in [0.05, 0.1) is 29.8 Å². The number of nitrogens with zero attached hydrogens (tertiary/aromatic N) is 1. The zero-order valence-electron chi connectivity index (χ0n) is 10.7. The number of benzene rings is 1. The first-order chi connectivity index (χ1) is 9.24. The Hall–Kier alpha value is -1.75. The summed E-state index contributed by atoms with van der Waals surface area (Å²) in [5.74, 6) is 2.46. The van der Waals surface area contributed by atoms with Crippen molar-refractivity contribution < 1.29 is 9.47 Å². The smallest absolute Gasteiger partial charge is 0.163 e. The van der Waals surface area contributed by atoms with E-state index in [0.29, 0.717) is 13.2 Å². The lowest BCUT2D eigenvalue weighted by Crippen LogP contribution is -2.44. The second-order valence-corrected chi connectivity index (χ2v) is 5.46. The third-order valence-electron chi connectivity index (χ3n) is 4.07. The van der Waals surface area contributed by atoms with Gasteiger partial charge >= 0.3 is 0 Å². The Morgan fingerprint density at radius 2 is 1.84 bits per heavy atom. The Bertz CT molecular complexity index is 588. The first kappa shape index (κ1) is 11.1. The number of rotatable bonds is 1. The molecule has 0 spiro atoms. The highest BCUT2D eigenvalue weighted by atomic mass is 16.5. The average Bonchev–Trinajstić information content (AvgIpc) is 2.64. The molecule has 0 atom stereocenters. The summed E-state index contributed by atoms with van der Waals surface area (Å²) in [5.41, 5.74) is 7.91. The van der Waals surface area contributed by atoms with E-state index < -0.39 is 0 Å². The second-order valence-electron chi connectivity index (χ2n) is 5.46. The van der Waals surface area contributed by atoms with Crippen LogP contribution in [0.3, 0.4) is 0 Å². The first-order valence-electron chi connectivity index (χ1n) is 6.83. The summed E-state index contributed by atoms with van der Waals surface area (Å²) in [6.07, 6.45) is 4.09. The van der Waals surface area contributed by atoms with Crippen LogP contribution < -0.4 is 15.2 Å². The van der Waals surface area contributed by atoms with Crippen LogP contribution in [0.4, 0.5) is 0 Å². The van der Waals surface area contributed by atoms with Gasteiger partial charge in [-0.05, 0) is 19.3 Å². The monoisotopic (exact) mass is 259 g/mol. The fourth-order valence-electron chi connectivity index (χ4n) is 2.70. The van der Waals surface area contributed by atoms with Gasteiger partial charge in [-0.25, -0.2) is 4.98 Å². The first-order valence-corrected chi connectivity index (χ1v) is 6.83. The number of hydrogen-bond donors (Lipinski definition) is 2. The lowest BCUT2D eigenvalue weighted by atomic mass is 9.77. The highest BCUT2D eigenvalue weighted by Crippen LogP contribution is 2.39. The molecule has 2 aliphatic rings. The molecule has 0 radical (unpaired) electrons. The van der Waals surface area contributed by atoms with Crippen molar-refractivity contribution in [1.82, 2.24) is 9.97 Å². The predicted molar refractivity (Wildman–Crippen MR) is 71.4 cm³/mol. The van der Waals surface area contributed by atoms with Gasteiger partial charge in [0.25, 0.3) is 0 Å². The topological polar surface area (TPSA) is 73.2 Å². The van der Waals surface area contributed by atoms with Crippen LogP contribution >= 0.6 is 0 Å². The van der Waals surface area contributed by atoms with E-state index in [1.54, 1.807) is 0 Å². The molecule has 1 aromatic heterocycles. The van der Waals surface area contributed by atoms with E-state index in [0.717, 1.165) is 47.6 Å². The normalized spacial score (nSPS) is 20.9. The van der Waals surface area contributed by atoms with Crippen LogP contribution in [0.2, 0.25) is 0 Å². The number of H-pyrrole nitrogens is 1. The quantitative estimate of drug-likeness (QED) is 0.822. The van der Waals surface area contributed by atoms with Crippen LogP contribution in [0.15, 0.2) is 12.1 Å². The minimum Gasteiger partial charge on any atom is -0.489 e. The lowest BCUT2D eigenvalue weighted by Gasteiger charge is -2.35. The number of fused-ring (bicyclic) bond motifs is 2. The van der Waals surface area contributed by atoms with Gasteiger partial charge in [-0.15, -0.1) is 0 Å². The van der Waals surface area contributed by atoms with E-state index in [1.165, 1.54) is 6.42 Å². The number of aromatic amines is 1. The molecule has 4 rings (SSSR count). The van der Waals surface area contributed by atoms with E-state index in [1.807, 2.05) is 12.1 Å². The maximum atomic E-state index is 6.31. The van der Waals surface area contributed by atoms with Crippen molar-refractivity contribution in [3.8, 4) is 11.5 Å². The van der Waals surface area contributed by atoms with Crippen molar-refractivity contribution in [3.05, 3.63) is 18.0 Å². The molecule has 1 aromatic carbocycles. The maximum absolute atomic E-state index is 6.31. The largest absolute Gasteiger partial charge is 0.489 e. The zero-order valence-corrected chi connectivity index (χ0v) is 10.7. The molecule has 1 fully saturated rings. The molecule has 1 aliphatic heterocycles. The molecule has 3 N–H and O–H groups in total. The van der Waals surface area contributed by atoms with E-state index >= 15 is 0 Å². The predicted octanol–water partition coefficient (Wildman–Crippen LogP) is 2.06. The molecule has 0 bridgehead atoms. The molecule has 100 valence electrons. The fourth-order valence-corrected chi connectivity index (χ4v) is 2.70. The summed E-state index contributed by atoms with van der Waals surface area (Å²) in [6, 6.07) is 3.91. The van der Waals surface area contributed by atoms with Gasteiger partial charge in [0.15, 0.2) is 11.5 Å². The van der Waals surface area contributed by atoms with E-state index in [9.17, 15) is 0 Å². The Labute approximate surface area is 111 Å². The van der Waals surface area contributed by atoms with Crippen LogP contribution in [-0.2, 0) is 5.54 Å². The van der Waals surface area contributed by atoms with Gasteiger partial charge in [0, 0.05) is 18.6 Å². The summed E-state index contributed by atoms with van der Waals surface area (Å²) in [6.45, 7) is 1.39. The Kier molecular flexibility index (Phi) is 2.26. The Morgan fingerprint density at radius 3 is 2.53 bits per heavy atom. The van der Waals surface area contributed by atoms with Crippen molar-refractivity contribution in [2.45, 2.75) is 31.2 Å². The van der Waals surface area contributed by atoms with Gasteiger partial charge in [-0.3, -0.25) is 0 Å². The second kappa shape index (κ2) is 3.87. The third-order valence-corrected chi connectivity index (χ3v) is 4.07. The van der Waals surface area contributed by atoms with Gasteiger partial charge in [-0.2, -0.15) is 0 Å². The minimum absolute atomic E-state index is 0.266. The Balaban J connectivity index is 1.81. The summed E-state index contributed by atoms with van der Waals surface area (Å²) in [4.78, 5) is 7.97. The zero-order chi connectivity index (χ0) is 12.9. The number of ether oxygens (including phenoxy) is 2. The fraction of sp³-hybridized carbons (Fsp3) is 0.500. The SMILES string of the molecule is NC1(c2nc3cc4c(cc3[nH]2)OCCCO4)CCC1. The number of nitrogens with two attached hydrogens (primary N) is 1. The highest BCUT2D eigenvalue weighted by molar-refractivity contribution is 5.80. The van der Waals surface area contributed by atoms with Crippen LogP contribution in [0.5, 0.6) is 11.5 Å². The summed E-state index contributed by atoms with van der Waals surface area (Å²) in [7, 11) is 0. The van der Waals surface area contributed by atoms with E-state index in [-0.39, 0.29) is 5.54 Å². The molecule has 0 saturated heterocycles. The molecule has 1 aliphatic carbocycles. The van der Waals surface area contributed by atoms with Crippen molar-refractivity contribution >= 4 is 11.0 Å². The summed E-state index contributed by atoms with van der Waals surface area (Å²) in [5, 5.41) is 0. The molecular weight excluding hydrogens is 242 g/mol. The average molecular weight is 259 g/mol. The minimum atomic E-state index is -0.266. The molecule has 2 heterocycles. The number of imidazole rings is 1. The van der Waals surface area contributed by atoms with Crippen molar-refractivity contribution in [2.24, 2.45) is 5.73 Å². The number of nitrogens with one attached hydrogen (secondary N) is 1. The van der Waals surface area contributed by atoms with Crippen molar-refractivity contribution in [2.75, 3.05) is 13.2 Å². The van der Waals surface area contributed by atoms with Crippen LogP contribution in [0.1, 0.15) is 31.5 Å². The standard InChI is InChI=1S/C14H17N3O2/c15-14(3-1-4-14)13-16-9-7-11-12(8-10(9)17-13)19-6-2-5-18-11/h7-8H,1-6,15H2,(H,16,17). The molecule has 2 aromatic rings. The van der Waals surface area contributed by atoms with Crippen LogP contribution in [-0.4, -0.2) is 23.2 Å². The van der Waals surface area contributed by atoms with Crippen molar-refractivity contribution in [1.29, 1.82) is 0 Å². The third kappa shape index (κ3) is 1.69. The van der Waals surface area contributed by atoms with Crippen LogP contribution in [0.25, 0.3) is 11.0 Å². The van der Waals surface area contributed by atoms with Gasteiger partial charge in [0.1, 0.15) is 5.82 Å². The van der Waals surface area contributed by atoms with Crippen LogP contribution in [0, 0.1) is 0 Å². The number of aromatic nitrogens is 2. The van der Waals surface area contributed by atoms with E-state index in [2.05, 4.69) is 9.97 Å². The van der Waals surface area contributed by atoms with Gasteiger partial charge in [0.2, 0.25) is 0 Å². The van der Waals surface area contributed by atoms with Crippen molar-refractivity contribution in [3.63, 3.8) is 0 Å². The molecule has 19 heavy (non-hydrogen) atoms. The molecular formula is C14H17N3O2. The Morgan fingerprint density at radius 1 is 1.11 bits per heavy atom. The molecule has 0 unspecified atom stereocenters. The molecule has 5 heteroatoms. The number of hydrogen-bond acceptors (Lipinski definition) is 4. The molecule has 5 nitrogen and oxygen atoms in total.